The Morgan fingerprint density at radius 3 is 1.39 bits per heavy atom. The smallest absolute Gasteiger partial charge is 0.335 e. The van der Waals surface area contributed by atoms with Gasteiger partial charge in [-0.05, 0) is 0 Å². The molecule has 0 heterocycles. The second kappa shape index (κ2) is 6.45. The van der Waals surface area contributed by atoms with Crippen LogP contribution >= 0.6 is 0 Å². The third kappa shape index (κ3) is 6.97. The summed E-state index contributed by atoms with van der Waals surface area (Å²) in [5.41, 5.74) is 0. The molecule has 0 radical (unpaired) electrons. The Labute approximate surface area is 103 Å². The molecule has 8 heteroatoms. The summed E-state index contributed by atoms with van der Waals surface area (Å²) in [6.07, 6.45) is 0.600. The third-order valence-corrected chi connectivity index (χ3v) is 1.80. The van der Waals surface area contributed by atoms with Gasteiger partial charge in [-0.2, -0.15) is 0 Å². The first-order chi connectivity index (χ1) is 8.12. The van der Waals surface area contributed by atoms with E-state index in [4.69, 9.17) is 20.4 Å². The van der Waals surface area contributed by atoms with E-state index in [1.807, 2.05) is 0 Å². The molecule has 0 aliphatic heterocycles. The van der Waals surface area contributed by atoms with Crippen molar-refractivity contribution in [1.29, 1.82) is 0 Å². The van der Waals surface area contributed by atoms with E-state index >= 15 is 0 Å². The lowest BCUT2D eigenvalue weighted by atomic mass is 10.4. The molecule has 0 aromatic rings. The minimum absolute atomic E-state index is 0.261. The van der Waals surface area contributed by atoms with E-state index in [9.17, 15) is 9.59 Å². The van der Waals surface area contributed by atoms with Gasteiger partial charge >= 0.3 is 23.9 Å². The number of rotatable bonds is 6. The minimum atomic E-state index is -2.62. The zero-order valence-corrected chi connectivity index (χ0v) is 9.99. The maximum atomic E-state index is 11.0. The summed E-state index contributed by atoms with van der Waals surface area (Å²) >= 11 is 0. The molecule has 0 aromatic heterocycles. The van der Waals surface area contributed by atoms with Gasteiger partial charge in [0.2, 0.25) is 0 Å². The van der Waals surface area contributed by atoms with Crippen LogP contribution in [0.25, 0.3) is 0 Å². The number of carbonyl (C=O) groups is 2. The lowest BCUT2D eigenvalue weighted by molar-refractivity contribution is -0.319. The zero-order chi connectivity index (χ0) is 14.4. The molecule has 4 N–H and O–H groups in total. The lowest BCUT2D eigenvalue weighted by Gasteiger charge is -2.19. The molecule has 8 nitrogen and oxygen atoms in total. The zero-order valence-electron chi connectivity index (χ0n) is 9.99. The number of hydrogen-bond acceptors (Lipinski definition) is 8. The molecule has 0 rings (SSSR count). The topological polar surface area (TPSA) is 134 Å². The summed E-state index contributed by atoms with van der Waals surface area (Å²) in [6.45, 7) is 2.72. The molecule has 0 saturated carbocycles. The number of hydrogen-bond donors (Lipinski definition) is 4. The van der Waals surface area contributed by atoms with Gasteiger partial charge in [-0.1, -0.05) is 13.8 Å². The Bertz CT molecular complexity index is 299. The first-order valence-corrected chi connectivity index (χ1v) is 5.15. The predicted molar refractivity (Wildman–Crippen MR) is 56.2 cm³/mol. The van der Waals surface area contributed by atoms with Crippen LogP contribution in [0.1, 0.15) is 26.7 Å². The van der Waals surface area contributed by atoms with Crippen molar-refractivity contribution in [1.82, 2.24) is 0 Å². The van der Waals surface area contributed by atoms with Crippen LogP contribution in [0.15, 0.2) is 12.2 Å². The summed E-state index contributed by atoms with van der Waals surface area (Å²) in [6, 6.07) is 0. The van der Waals surface area contributed by atoms with Crippen molar-refractivity contribution in [2.45, 2.75) is 38.6 Å². The summed E-state index contributed by atoms with van der Waals surface area (Å²) in [4.78, 5) is 22.0. The molecule has 0 aromatic carbocycles. The van der Waals surface area contributed by atoms with E-state index in [2.05, 4.69) is 9.47 Å². The van der Waals surface area contributed by atoms with Crippen molar-refractivity contribution in [3.05, 3.63) is 12.2 Å². The first kappa shape index (κ1) is 16.5. The average molecular weight is 264 g/mol. The van der Waals surface area contributed by atoms with Crippen LogP contribution in [-0.2, 0) is 19.1 Å². The van der Waals surface area contributed by atoms with Crippen molar-refractivity contribution in [2.24, 2.45) is 0 Å². The molecule has 18 heavy (non-hydrogen) atoms. The van der Waals surface area contributed by atoms with E-state index in [-0.39, 0.29) is 12.8 Å². The molecule has 0 amide bonds. The average Bonchev–Trinajstić information content (AvgIpc) is 2.25. The van der Waals surface area contributed by atoms with E-state index in [0.717, 1.165) is 0 Å². The summed E-state index contributed by atoms with van der Waals surface area (Å²) < 4.78 is 8.29. The van der Waals surface area contributed by atoms with Gasteiger partial charge in [0.05, 0.1) is 0 Å². The molecule has 0 fully saturated rings. The van der Waals surface area contributed by atoms with Crippen molar-refractivity contribution >= 4 is 11.9 Å². The maximum absolute atomic E-state index is 11.0. The number of carbonyl (C=O) groups excluding carboxylic acids is 2. The highest BCUT2D eigenvalue weighted by atomic mass is 16.8. The number of ether oxygens (including phenoxy) is 2. The summed E-state index contributed by atoms with van der Waals surface area (Å²) in [5.74, 6) is -7.63. The fraction of sp³-hybridized carbons (Fsp3) is 0.600. The Balaban J connectivity index is 4.32. The van der Waals surface area contributed by atoms with E-state index in [1.165, 1.54) is 13.8 Å². The van der Waals surface area contributed by atoms with Crippen LogP contribution in [-0.4, -0.2) is 44.3 Å². The standard InChI is InChI=1S/C10H16O8/c1-3-9(13,14)17-7(11)5-6-8(12)18-10(15,16)4-2/h5-6,13-16H,3-4H2,1-2H3/b6-5-. The Kier molecular flexibility index (Phi) is 5.92. The number of esters is 2. The van der Waals surface area contributed by atoms with Crippen LogP contribution in [0.3, 0.4) is 0 Å². The van der Waals surface area contributed by atoms with Crippen LogP contribution in [0.4, 0.5) is 0 Å². The van der Waals surface area contributed by atoms with Crippen LogP contribution in [0.2, 0.25) is 0 Å². The molecule has 0 unspecified atom stereocenters. The van der Waals surface area contributed by atoms with E-state index in [1.54, 1.807) is 0 Å². The van der Waals surface area contributed by atoms with Crippen molar-refractivity contribution < 1.29 is 39.5 Å². The highest BCUT2D eigenvalue weighted by molar-refractivity contribution is 5.91. The maximum Gasteiger partial charge on any atom is 0.335 e. The van der Waals surface area contributed by atoms with Gasteiger partial charge in [0.25, 0.3) is 0 Å². The van der Waals surface area contributed by atoms with Gasteiger partial charge in [0, 0.05) is 25.0 Å². The van der Waals surface area contributed by atoms with Gasteiger partial charge < -0.3 is 29.9 Å². The number of aliphatic hydroxyl groups is 4. The molecular formula is C10H16O8. The minimum Gasteiger partial charge on any atom is -0.405 e. The van der Waals surface area contributed by atoms with Crippen LogP contribution in [0, 0.1) is 0 Å². The van der Waals surface area contributed by atoms with Gasteiger partial charge in [-0.15, -0.1) is 0 Å². The fourth-order valence-corrected chi connectivity index (χ4v) is 0.671. The van der Waals surface area contributed by atoms with Gasteiger partial charge in [0.1, 0.15) is 0 Å². The van der Waals surface area contributed by atoms with Crippen LogP contribution in [0.5, 0.6) is 0 Å². The summed E-state index contributed by atoms with van der Waals surface area (Å²) in [7, 11) is 0. The van der Waals surface area contributed by atoms with Gasteiger partial charge in [-0.3, -0.25) is 0 Å². The van der Waals surface area contributed by atoms with Crippen molar-refractivity contribution in [3.63, 3.8) is 0 Å². The largest absolute Gasteiger partial charge is 0.405 e. The third-order valence-electron chi connectivity index (χ3n) is 1.80. The van der Waals surface area contributed by atoms with E-state index < -0.39 is 23.9 Å². The molecule has 0 spiro atoms. The predicted octanol–water partition coefficient (Wildman–Crippen LogP) is -1.27. The monoisotopic (exact) mass is 264 g/mol. The molecule has 0 aliphatic carbocycles. The normalized spacial score (nSPS) is 12.6. The van der Waals surface area contributed by atoms with Gasteiger partial charge in [0.15, 0.2) is 0 Å². The molecule has 0 atom stereocenters. The summed E-state index contributed by atoms with van der Waals surface area (Å²) in [5, 5.41) is 35.9. The Morgan fingerprint density at radius 1 is 0.889 bits per heavy atom. The van der Waals surface area contributed by atoms with E-state index in [0.29, 0.717) is 12.2 Å². The Morgan fingerprint density at radius 2 is 1.17 bits per heavy atom. The molecule has 0 aliphatic rings. The molecule has 0 bridgehead atoms. The lowest BCUT2D eigenvalue weighted by Crippen LogP contribution is -2.34. The molecule has 0 saturated heterocycles. The fourth-order valence-electron chi connectivity index (χ4n) is 0.671. The first-order valence-electron chi connectivity index (χ1n) is 5.15. The van der Waals surface area contributed by atoms with Crippen molar-refractivity contribution in [3.8, 4) is 0 Å². The highest BCUT2D eigenvalue weighted by Crippen LogP contribution is 2.09. The second-order valence-electron chi connectivity index (χ2n) is 3.37. The van der Waals surface area contributed by atoms with Crippen LogP contribution < -0.4 is 0 Å². The van der Waals surface area contributed by atoms with Gasteiger partial charge in [-0.25, -0.2) is 9.59 Å². The Hall–Kier alpha value is -1.48. The second-order valence-corrected chi connectivity index (χ2v) is 3.37. The highest BCUT2D eigenvalue weighted by Gasteiger charge is 2.26. The molecule has 104 valence electrons. The quantitative estimate of drug-likeness (QED) is 0.265. The SMILES string of the molecule is CCC(O)(O)OC(=O)/C=C\C(=O)OC(O)(O)CC. The van der Waals surface area contributed by atoms with Crippen molar-refractivity contribution in [2.75, 3.05) is 0 Å². The molecular weight excluding hydrogens is 248 g/mol.